The number of hydrogen-bond donors (Lipinski definition) is 1. The number of benzene rings is 3. The van der Waals surface area contributed by atoms with Crippen molar-refractivity contribution >= 4 is 45.7 Å². The third-order valence-electron chi connectivity index (χ3n) is 5.66. The average molecular weight is 540 g/mol. The molecular formula is C26H16F3N3O3S2. The fraction of sp³-hybridized carbons (Fsp3) is 0.0769. The predicted molar refractivity (Wildman–Crippen MR) is 133 cm³/mol. The maximum atomic E-state index is 14.0. The Hall–Kier alpha value is -3.96. The molecule has 186 valence electrons. The summed E-state index contributed by atoms with van der Waals surface area (Å²) in [6.45, 7) is 0. The number of Topliss-reactive ketones (excluding diaryl/α,β-unsaturated/α-hetero) is 1. The number of hydrogen-bond acceptors (Lipinski definition) is 7. The molecule has 1 aromatic heterocycles. The average Bonchev–Trinajstić information content (AvgIpc) is 3.46. The van der Waals surface area contributed by atoms with Gasteiger partial charge in [0.2, 0.25) is 5.13 Å². The van der Waals surface area contributed by atoms with Crippen LogP contribution in [0.5, 0.6) is 0 Å². The summed E-state index contributed by atoms with van der Waals surface area (Å²) < 4.78 is 41.5. The topological polar surface area (TPSA) is 83.4 Å². The molecule has 0 radical (unpaired) electrons. The fourth-order valence-electron chi connectivity index (χ4n) is 3.87. The normalized spacial score (nSPS) is 16.9. The maximum Gasteiger partial charge on any atom is 0.301 e. The van der Waals surface area contributed by atoms with E-state index < -0.39 is 35.1 Å². The van der Waals surface area contributed by atoms with Gasteiger partial charge in [-0.15, -0.1) is 10.2 Å². The first-order valence-electron chi connectivity index (χ1n) is 10.9. The van der Waals surface area contributed by atoms with Gasteiger partial charge in [-0.3, -0.25) is 14.5 Å². The molecule has 1 aliphatic rings. The van der Waals surface area contributed by atoms with Gasteiger partial charge in [0.05, 0.1) is 11.6 Å². The molecule has 1 unspecified atom stereocenters. The van der Waals surface area contributed by atoms with Gasteiger partial charge in [-0.2, -0.15) is 0 Å². The SMILES string of the molecule is O=C1C(=O)N(c2nnc(SCc3ccccc3F)s2)C(c2ccc(F)cc2)/C1=C(/O)c1ccc(F)cc1. The minimum atomic E-state index is -1.14. The lowest BCUT2D eigenvalue weighted by Gasteiger charge is -2.22. The van der Waals surface area contributed by atoms with E-state index >= 15 is 0 Å². The van der Waals surface area contributed by atoms with Gasteiger partial charge in [-0.25, -0.2) is 13.2 Å². The van der Waals surface area contributed by atoms with Crippen LogP contribution in [0.25, 0.3) is 5.76 Å². The number of ketones is 1. The number of aliphatic hydroxyl groups is 1. The summed E-state index contributed by atoms with van der Waals surface area (Å²) in [6, 6.07) is 15.1. The lowest BCUT2D eigenvalue weighted by atomic mass is 9.95. The molecule has 0 bridgehead atoms. The quantitative estimate of drug-likeness (QED) is 0.108. The number of aliphatic hydroxyl groups excluding tert-OH is 1. The number of amides is 1. The van der Waals surface area contributed by atoms with E-state index in [2.05, 4.69) is 10.2 Å². The van der Waals surface area contributed by atoms with Crippen molar-refractivity contribution in [2.45, 2.75) is 16.1 Å². The van der Waals surface area contributed by atoms with Gasteiger partial charge in [0.1, 0.15) is 23.2 Å². The highest BCUT2D eigenvalue weighted by atomic mass is 32.2. The van der Waals surface area contributed by atoms with Crippen LogP contribution in [0.3, 0.4) is 0 Å². The first-order valence-corrected chi connectivity index (χ1v) is 12.7. The number of halogens is 3. The van der Waals surface area contributed by atoms with Gasteiger partial charge in [0.15, 0.2) is 4.34 Å². The van der Waals surface area contributed by atoms with Gasteiger partial charge in [0.25, 0.3) is 5.78 Å². The Labute approximate surface area is 217 Å². The van der Waals surface area contributed by atoms with Crippen molar-refractivity contribution in [3.63, 3.8) is 0 Å². The van der Waals surface area contributed by atoms with Crippen molar-refractivity contribution in [3.8, 4) is 0 Å². The highest BCUT2D eigenvalue weighted by molar-refractivity contribution is 8.00. The zero-order valence-electron chi connectivity index (χ0n) is 18.8. The van der Waals surface area contributed by atoms with E-state index in [1.165, 1.54) is 54.2 Å². The van der Waals surface area contributed by atoms with Crippen LogP contribution in [0.2, 0.25) is 0 Å². The first-order chi connectivity index (χ1) is 17.8. The van der Waals surface area contributed by atoms with Crippen molar-refractivity contribution in [1.29, 1.82) is 0 Å². The second-order valence-electron chi connectivity index (χ2n) is 7.96. The van der Waals surface area contributed by atoms with Gasteiger partial charge in [-0.1, -0.05) is 53.4 Å². The number of nitrogens with zero attached hydrogens (tertiary/aromatic N) is 3. The summed E-state index contributed by atoms with van der Waals surface area (Å²) >= 11 is 2.23. The zero-order chi connectivity index (χ0) is 26.1. The summed E-state index contributed by atoms with van der Waals surface area (Å²) in [7, 11) is 0. The van der Waals surface area contributed by atoms with Crippen molar-refractivity contribution in [1.82, 2.24) is 10.2 Å². The number of thioether (sulfide) groups is 1. The molecule has 0 aliphatic carbocycles. The van der Waals surface area contributed by atoms with Crippen LogP contribution in [0.15, 0.2) is 82.7 Å². The predicted octanol–water partition coefficient (Wildman–Crippen LogP) is 5.87. The largest absolute Gasteiger partial charge is 0.507 e. The summed E-state index contributed by atoms with van der Waals surface area (Å²) in [5.41, 5.74) is 0.694. The highest BCUT2D eigenvalue weighted by Crippen LogP contribution is 2.44. The Morgan fingerprint density at radius 3 is 2.24 bits per heavy atom. The molecule has 5 rings (SSSR count). The van der Waals surface area contributed by atoms with E-state index in [0.717, 1.165) is 28.4 Å². The molecule has 6 nitrogen and oxygen atoms in total. The van der Waals surface area contributed by atoms with Gasteiger partial charge in [0, 0.05) is 11.3 Å². The molecule has 2 heterocycles. The molecule has 37 heavy (non-hydrogen) atoms. The molecule has 1 fully saturated rings. The lowest BCUT2D eigenvalue weighted by molar-refractivity contribution is -0.132. The van der Waals surface area contributed by atoms with Crippen molar-refractivity contribution < 1.29 is 27.9 Å². The van der Waals surface area contributed by atoms with Gasteiger partial charge >= 0.3 is 5.91 Å². The molecule has 1 saturated heterocycles. The molecule has 4 aromatic rings. The molecular weight excluding hydrogens is 523 g/mol. The Kier molecular flexibility index (Phi) is 6.81. The molecule has 1 atom stereocenters. The monoisotopic (exact) mass is 539 g/mol. The fourth-order valence-corrected chi connectivity index (χ4v) is 5.72. The molecule has 1 aliphatic heterocycles. The zero-order valence-corrected chi connectivity index (χ0v) is 20.4. The standard InChI is InChI=1S/C26H16F3N3O3S2/c27-17-9-5-14(6-10-17)21-20(22(33)15-7-11-18(28)12-8-15)23(34)24(35)32(21)25-30-31-26(37-25)36-13-16-3-1-2-4-19(16)29/h1-12,21,33H,13H2/b22-20-. The summed E-state index contributed by atoms with van der Waals surface area (Å²) in [6.07, 6.45) is 0. The Morgan fingerprint density at radius 2 is 1.57 bits per heavy atom. The molecule has 3 aromatic carbocycles. The van der Waals surface area contributed by atoms with Crippen LogP contribution < -0.4 is 4.90 Å². The number of rotatable bonds is 6. The summed E-state index contributed by atoms with van der Waals surface area (Å²) in [5.74, 6) is -3.60. The van der Waals surface area contributed by atoms with Crippen molar-refractivity contribution in [2.75, 3.05) is 4.90 Å². The van der Waals surface area contributed by atoms with Crippen LogP contribution in [0.1, 0.15) is 22.7 Å². The number of carbonyl (C=O) groups is 2. The number of aromatic nitrogens is 2. The first kappa shape index (κ1) is 24.7. The van der Waals surface area contributed by atoms with Crippen LogP contribution in [-0.2, 0) is 15.3 Å². The minimum Gasteiger partial charge on any atom is -0.507 e. The minimum absolute atomic E-state index is 0.0746. The van der Waals surface area contributed by atoms with Crippen LogP contribution in [0, 0.1) is 17.5 Å². The number of carbonyl (C=O) groups excluding carboxylic acids is 2. The van der Waals surface area contributed by atoms with E-state index in [1.807, 2.05) is 0 Å². The molecule has 1 amide bonds. The van der Waals surface area contributed by atoms with E-state index in [0.29, 0.717) is 15.5 Å². The summed E-state index contributed by atoms with van der Waals surface area (Å²) in [5, 5.41) is 19.2. The molecule has 0 spiro atoms. The number of anilines is 1. The maximum absolute atomic E-state index is 14.0. The highest BCUT2D eigenvalue weighted by Gasteiger charge is 2.48. The second-order valence-corrected chi connectivity index (χ2v) is 10.1. The van der Waals surface area contributed by atoms with E-state index in [-0.39, 0.29) is 27.8 Å². The lowest BCUT2D eigenvalue weighted by Crippen LogP contribution is -2.29. The Bertz CT molecular complexity index is 1520. The second kappa shape index (κ2) is 10.2. The van der Waals surface area contributed by atoms with Gasteiger partial charge < -0.3 is 5.11 Å². The Balaban J connectivity index is 1.54. The summed E-state index contributed by atoms with van der Waals surface area (Å²) in [4.78, 5) is 27.4. The molecule has 0 saturated carbocycles. The van der Waals surface area contributed by atoms with Crippen LogP contribution >= 0.6 is 23.1 Å². The molecule has 11 heteroatoms. The van der Waals surface area contributed by atoms with Gasteiger partial charge in [-0.05, 0) is 53.6 Å². The smallest absolute Gasteiger partial charge is 0.301 e. The Morgan fingerprint density at radius 1 is 0.919 bits per heavy atom. The molecule has 1 N–H and O–H groups in total. The third kappa shape index (κ3) is 4.87. The van der Waals surface area contributed by atoms with E-state index in [9.17, 15) is 27.9 Å². The van der Waals surface area contributed by atoms with Crippen LogP contribution in [0.4, 0.5) is 18.3 Å². The van der Waals surface area contributed by atoms with E-state index in [1.54, 1.807) is 18.2 Å². The van der Waals surface area contributed by atoms with Crippen molar-refractivity contribution in [2.24, 2.45) is 0 Å². The van der Waals surface area contributed by atoms with Crippen LogP contribution in [-0.4, -0.2) is 27.0 Å². The van der Waals surface area contributed by atoms with Crippen molar-refractivity contribution in [3.05, 3.63) is 113 Å². The van der Waals surface area contributed by atoms with E-state index in [4.69, 9.17) is 0 Å². The third-order valence-corrected chi connectivity index (χ3v) is 7.76.